The smallest absolute Gasteiger partial charge is 0.269 e. The molecule has 0 saturated heterocycles. The van der Waals surface area contributed by atoms with Crippen LogP contribution in [0.15, 0.2) is 36.4 Å². The van der Waals surface area contributed by atoms with Crippen LogP contribution in [0.5, 0.6) is 11.5 Å². The number of Topliss-reactive ketones (excluding diaryl/α,β-unsaturated/α-hetero) is 1. The van der Waals surface area contributed by atoms with Crippen molar-refractivity contribution >= 4 is 17.6 Å². The van der Waals surface area contributed by atoms with Gasteiger partial charge in [0.2, 0.25) is 5.91 Å². The lowest BCUT2D eigenvalue weighted by Gasteiger charge is -2.12. The zero-order valence-electron chi connectivity index (χ0n) is 17.8. The van der Waals surface area contributed by atoms with Gasteiger partial charge < -0.3 is 9.47 Å². The normalized spacial score (nSPS) is 10.3. The summed E-state index contributed by atoms with van der Waals surface area (Å²) in [7, 11) is 1.49. The second-order valence-corrected chi connectivity index (χ2v) is 6.96. The summed E-state index contributed by atoms with van der Waals surface area (Å²) in [6.45, 7) is 6.31. The Morgan fingerprint density at radius 1 is 0.933 bits per heavy atom. The van der Waals surface area contributed by atoms with Crippen LogP contribution in [0, 0.1) is 13.8 Å². The van der Waals surface area contributed by atoms with Crippen LogP contribution in [0.25, 0.3) is 0 Å². The molecule has 0 heterocycles. The molecule has 7 heteroatoms. The predicted molar refractivity (Wildman–Crippen MR) is 114 cm³/mol. The Morgan fingerprint density at radius 3 is 2.40 bits per heavy atom. The number of carbonyl (C=O) groups is 3. The van der Waals surface area contributed by atoms with Crippen LogP contribution in [0.4, 0.5) is 0 Å². The summed E-state index contributed by atoms with van der Waals surface area (Å²) in [6, 6.07) is 10.4. The van der Waals surface area contributed by atoms with Gasteiger partial charge in [-0.3, -0.25) is 25.2 Å². The van der Waals surface area contributed by atoms with Crippen molar-refractivity contribution in [2.45, 2.75) is 40.0 Å². The lowest BCUT2D eigenvalue weighted by molar-refractivity contribution is -0.121. The third-order valence-electron chi connectivity index (χ3n) is 4.48. The number of carbonyl (C=O) groups excluding carboxylic acids is 3. The largest absolute Gasteiger partial charge is 0.493 e. The minimum Gasteiger partial charge on any atom is -0.493 e. The highest BCUT2D eigenvalue weighted by molar-refractivity contribution is 6.00. The van der Waals surface area contributed by atoms with Crippen LogP contribution < -0.4 is 20.3 Å². The van der Waals surface area contributed by atoms with E-state index in [4.69, 9.17) is 9.47 Å². The average molecular weight is 412 g/mol. The molecule has 0 aliphatic heterocycles. The monoisotopic (exact) mass is 412 g/mol. The quantitative estimate of drug-likeness (QED) is 0.485. The number of rotatable bonds is 9. The van der Waals surface area contributed by atoms with E-state index in [1.54, 1.807) is 12.1 Å². The first-order chi connectivity index (χ1) is 14.3. The van der Waals surface area contributed by atoms with Gasteiger partial charge in [-0.05, 0) is 50.1 Å². The predicted octanol–water partition coefficient (Wildman–Crippen LogP) is 3.52. The van der Waals surface area contributed by atoms with Crippen LogP contribution in [-0.2, 0) is 4.79 Å². The zero-order valence-corrected chi connectivity index (χ0v) is 17.8. The van der Waals surface area contributed by atoms with E-state index in [1.165, 1.54) is 13.2 Å². The topological polar surface area (TPSA) is 93.7 Å². The lowest BCUT2D eigenvalue weighted by Crippen LogP contribution is -2.41. The Labute approximate surface area is 176 Å². The minimum absolute atomic E-state index is 0.0282. The average Bonchev–Trinajstić information content (AvgIpc) is 2.75. The van der Waals surface area contributed by atoms with Gasteiger partial charge in [-0.25, -0.2) is 0 Å². The molecule has 30 heavy (non-hydrogen) atoms. The van der Waals surface area contributed by atoms with Crippen molar-refractivity contribution < 1.29 is 23.9 Å². The molecular formula is C23H28N2O5. The zero-order chi connectivity index (χ0) is 22.1. The van der Waals surface area contributed by atoms with Gasteiger partial charge in [0.05, 0.1) is 13.7 Å². The van der Waals surface area contributed by atoms with E-state index in [2.05, 4.69) is 10.9 Å². The maximum atomic E-state index is 12.4. The fourth-order valence-electron chi connectivity index (χ4n) is 2.80. The lowest BCUT2D eigenvalue weighted by atomic mass is 9.99. The molecule has 2 aromatic rings. The van der Waals surface area contributed by atoms with Crippen molar-refractivity contribution in [3.05, 3.63) is 58.7 Å². The summed E-state index contributed by atoms with van der Waals surface area (Å²) < 4.78 is 10.8. The first kappa shape index (κ1) is 22.9. The number of aryl methyl sites for hydroxylation is 2. The first-order valence-electron chi connectivity index (χ1n) is 9.86. The van der Waals surface area contributed by atoms with Crippen LogP contribution >= 0.6 is 0 Å². The maximum Gasteiger partial charge on any atom is 0.269 e. The van der Waals surface area contributed by atoms with Crippen LogP contribution in [0.2, 0.25) is 0 Å². The molecule has 0 aliphatic rings. The molecule has 2 amide bonds. The highest BCUT2D eigenvalue weighted by Crippen LogP contribution is 2.28. The number of hydrogen-bond donors (Lipinski definition) is 2. The van der Waals surface area contributed by atoms with Gasteiger partial charge in [0, 0.05) is 24.0 Å². The molecule has 0 bridgehead atoms. The Morgan fingerprint density at radius 2 is 1.70 bits per heavy atom. The van der Waals surface area contributed by atoms with Crippen molar-refractivity contribution in [3.8, 4) is 11.5 Å². The van der Waals surface area contributed by atoms with Crippen molar-refractivity contribution in [2.24, 2.45) is 0 Å². The van der Waals surface area contributed by atoms with Crippen LogP contribution in [0.3, 0.4) is 0 Å². The number of nitrogens with one attached hydrogen (secondary N) is 2. The van der Waals surface area contributed by atoms with E-state index in [9.17, 15) is 14.4 Å². The maximum absolute atomic E-state index is 12.4. The molecule has 0 aliphatic carbocycles. The van der Waals surface area contributed by atoms with Gasteiger partial charge in [-0.2, -0.15) is 0 Å². The minimum atomic E-state index is -0.496. The van der Waals surface area contributed by atoms with E-state index >= 15 is 0 Å². The van der Waals surface area contributed by atoms with Crippen LogP contribution in [0.1, 0.15) is 58.0 Å². The summed E-state index contributed by atoms with van der Waals surface area (Å²) in [5, 5.41) is 0. The molecule has 0 atom stereocenters. The Balaban J connectivity index is 1.87. The SMILES string of the molecule is CCCOc1ccc(C(=O)NNC(=O)CCC(=O)c2cc(C)ccc2C)cc1OC. The van der Waals surface area contributed by atoms with Gasteiger partial charge >= 0.3 is 0 Å². The number of ketones is 1. The van der Waals surface area contributed by atoms with E-state index < -0.39 is 11.8 Å². The number of methoxy groups -OCH3 is 1. The Hall–Kier alpha value is -3.35. The third-order valence-corrected chi connectivity index (χ3v) is 4.48. The van der Waals surface area contributed by atoms with Crippen molar-refractivity contribution in [1.82, 2.24) is 10.9 Å². The molecule has 0 aromatic heterocycles. The molecule has 0 spiro atoms. The van der Waals surface area contributed by atoms with Gasteiger partial charge in [0.25, 0.3) is 5.91 Å². The van der Waals surface area contributed by atoms with Crippen molar-refractivity contribution in [1.29, 1.82) is 0 Å². The molecule has 0 fully saturated rings. The molecule has 0 saturated carbocycles. The van der Waals surface area contributed by atoms with Gasteiger partial charge in [0.1, 0.15) is 0 Å². The van der Waals surface area contributed by atoms with Crippen LogP contribution in [-0.4, -0.2) is 31.3 Å². The highest BCUT2D eigenvalue weighted by Gasteiger charge is 2.14. The summed E-state index contributed by atoms with van der Waals surface area (Å²) in [5.41, 5.74) is 7.47. The molecule has 0 radical (unpaired) electrons. The fourth-order valence-corrected chi connectivity index (χ4v) is 2.80. The van der Waals surface area contributed by atoms with Gasteiger partial charge in [-0.1, -0.05) is 24.6 Å². The van der Waals surface area contributed by atoms with Gasteiger partial charge in [-0.15, -0.1) is 0 Å². The van der Waals surface area contributed by atoms with E-state index in [1.807, 2.05) is 39.0 Å². The second-order valence-electron chi connectivity index (χ2n) is 6.96. The summed E-state index contributed by atoms with van der Waals surface area (Å²) in [4.78, 5) is 36.7. The summed E-state index contributed by atoms with van der Waals surface area (Å²) in [5.74, 6) is -0.0714. The van der Waals surface area contributed by atoms with E-state index in [0.717, 1.165) is 17.5 Å². The summed E-state index contributed by atoms with van der Waals surface area (Å²) >= 11 is 0. The molecule has 0 unspecified atom stereocenters. The number of benzene rings is 2. The van der Waals surface area contributed by atoms with E-state index in [0.29, 0.717) is 29.2 Å². The summed E-state index contributed by atoms with van der Waals surface area (Å²) in [6.07, 6.45) is 0.881. The number of hydrogen-bond acceptors (Lipinski definition) is 5. The van der Waals surface area contributed by atoms with E-state index in [-0.39, 0.29) is 18.6 Å². The Kier molecular flexibility index (Phi) is 8.41. The van der Waals surface area contributed by atoms with Crippen molar-refractivity contribution in [3.63, 3.8) is 0 Å². The van der Waals surface area contributed by atoms with Gasteiger partial charge in [0.15, 0.2) is 17.3 Å². The molecule has 2 N–H and O–H groups in total. The molecule has 2 aromatic carbocycles. The molecular weight excluding hydrogens is 384 g/mol. The third kappa shape index (κ3) is 6.34. The number of amides is 2. The number of hydrazine groups is 1. The molecule has 160 valence electrons. The van der Waals surface area contributed by atoms with Crippen molar-refractivity contribution in [2.75, 3.05) is 13.7 Å². The number of ether oxygens (including phenoxy) is 2. The highest BCUT2D eigenvalue weighted by atomic mass is 16.5. The standard InChI is InChI=1S/C23H28N2O5/c1-5-12-30-20-10-8-17(14-21(20)29-4)23(28)25-24-22(27)11-9-19(26)18-13-15(2)6-7-16(18)3/h6-8,10,13-14H,5,9,11-12H2,1-4H3,(H,24,27)(H,25,28). The second kappa shape index (κ2) is 11.0. The first-order valence-corrected chi connectivity index (χ1v) is 9.86. The fraction of sp³-hybridized carbons (Fsp3) is 0.348. The Bertz CT molecular complexity index is 924. The molecule has 2 rings (SSSR count). The molecule has 7 nitrogen and oxygen atoms in total.